The van der Waals surface area contributed by atoms with Crippen LogP contribution in [-0.4, -0.2) is 53.5 Å². The van der Waals surface area contributed by atoms with Gasteiger partial charge >= 0.3 is 0 Å². The number of nitrogens with zero attached hydrogens (tertiary/aromatic N) is 5. The highest BCUT2D eigenvalue weighted by molar-refractivity contribution is 7.13. The van der Waals surface area contributed by atoms with Gasteiger partial charge in [-0.2, -0.15) is 5.10 Å². The predicted octanol–water partition coefficient (Wildman–Crippen LogP) is 5.63. The Bertz CT molecular complexity index is 1810. The fourth-order valence-electron chi connectivity index (χ4n) is 6.07. The summed E-state index contributed by atoms with van der Waals surface area (Å²) in [5.74, 6) is 1.33. The van der Waals surface area contributed by atoms with E-state index in [1.54, 1.807) is 17.5 Å². The van der Waals surface area contributed by atoms with Gasteiger partial charge < -0.3 is 15.2 Å². The molecule has 3 aliphatic rings. The summed E-state index contributed by atoms with van der Waals surface area (Å²) in [7, 11) is 0. The van der Waals surface area contributed by atoms with Gasteiger partial charge in [0.25, 0.3) is 0 Å². The van der Waals surface area contributed by atoms with Gasteiger partial charge in [-0.25, -0.2) is 4.98 Å². The first-order chi connectivity index (χ1) is 19.7. The first-order valence-electron chi connectivity index (χ1n) is 13.9. The lowest BCUT2D eigenvalue weighted by atomic mass is 9.87. The molecule has 1 atom stereocenters. The molecule has 1 amide bonds. The van der Waals surface area contributed by atoms with E-state index in [4.69, 9.17) is 9.97 Å². The van der Waals surface area contributed by atoms with Gasteiger partial charge in [0.05, 0.1) is 33.8 Å². The standard InChI is InChI=1S/C30H28N8OS/c39-26(11-17-5-2-1-3-6-17)33-22-12-18(15-38-16-24(22)38)21-13-19-23(14-32-21)36-37-27(19)30-34-20-8-9-31-29(28(20)35-30)25-7-4-10-40-25/h4,7-10,12-15,17,24H,1-3,5-6,11,16H2,(H,33,39)(H,34,35)(H,36,37). The molecule has 1 aliphatic carbocycles. The van der Waals surface area contributed by atoms with E-state index in [1.165, 1.54) is 32.1 Å². The van der Waals surface area contributed by atoms with Gasteiger partial charge in [-0.05, 0) is 48.4 Å². The maximum Gasteiger partial charge on any atom is 0.224 e. The molecule has 0 aromatic carbocycles. The minimum absolute atomic E-state index is 0.132. The Morgan fingerprint density at radius 1 is 1.12 bits per heavy atom. The molecule has 200 valence electrons. The highest BCUT2D eigenvalue weighted by Gasteiger charge is 2.39. The third-order valence-corrected chi connectivity index (χ3v) is 9.11. The number of carbonyl (C=O) groups excluding carboxylic acids is 1. The summed E-state index contributed by atoms with van der Waals surface area (Å²) in [6.45, 7) is 0.915. The quantitative estimate of drug-likeness (QED) is 0.237. The molecule has 8 rings (SSSR count). The average molecular weight is 549 g/mol. The molecule has 2 aliphatic heterocycles. The molecule has 9 nitrogen and oxygen atoms in total. The fraction of sp³-hybridized carbons (Fsp3) is 0.300. The molecule has 0 bridgehead atoms. The lowest BCUT2D eigenvalue weighted by Gasteiger charge is -2.22. The Morgan fingerprint density at radius 3 is 2.92 bits per heavy atom. The van der Waals surface area contributed by atoms with Crippen LogP contribution in [0, 0.1) is 5.92 Å². The number of aromatic nitrogens is 6. The van der Waals surface area contributed by atoms with Crippen LogP contribution >= 0.6 is 11.3 Å². The van der Waals surface area contributed by atoms with Crippen LogP contribution in [0.4, 0.5) is 0 Å². The van der Waals surface area contributed by atoms with Crippen LogP contribution < -0.4 is 5.32 Å². The van der Waals surface area contributed by atoms with Crippen molar-refractivity contribution in [2.24, 2.45) is 5.92 Å². The first-order valence-corrected chi connectivity index (χ1v) is 14.8. The highest BCUT2D eigenvalue weighted by Crippen LogP contribution is 2.36. The molecule has 40 heavy (non-hydrogen) atoms. The normalized spacial score (nSPS) is 19.0. The van der Waals surface area contributed by atoms with Crippen LogP contribution in [0.25, 0.3) is 49.6 Å². The number of fused-ring (bicyclic) bond motifs is 3. The Labute approximate surface area is 234 Å². The van der Waals surface area contributed by atoms with Crippen LogP contribution in [-0.2, 0) is 4.79 Å². The van der Waals surface area contributed by atoms with E-state index in [0.717, 1.165) is 61.7 Å². The summed E-state index contributed by atoms with van der Waals surface area (Å²) in [6, 6.07) is 8.32. The van der Waals surface area contributed by atoms with Crippen LogP contribution in [0.2, 0.25) is 0 Å². The number of imidazole rings is 1. The number of hydrogen-bond acceptors (Lipinski definition) is 7. The predicted molar refractivity (Wildman–Crippen MR) is 156 cm³/mol. The monoisotopic (exact) mass is 548 g/mol. The molecule has 2 fully saturated rings. The van der Waals surface area contributed by atoms with Gasteiger partial charge in [-0.1, -0.05) is 25.3 Å². The second kappa shape index (κ2) is 9.41. The molecule has 10 heteroatoms. The van der Waals surface area contributed by atoms with Crippen molar-refractivity contribution in [3.8, 4) is 22.1 Å². The van der Waals surface area contributed by atoms with E-state index in [9.17, 15) is 4.79 Å². The van der Waals surface area contributed by atoms with Gasteiger partial charge in [-0.15, -0.1) is 11.3 Å². The molecule has 5 aromatic heterocycles. The lowest BCUT2D eigenvalue weighted by molar-refractivity contribution is -0.121. The van der Waals surface area contributed by atoms with E-state index < -0.39 is 0 Å². The minimum Gasteiger partial charge on any atom is -0.364 e. The maximum atomic E-state index is 12.9. The third kappa shape index (κ3) is 4.19. The largest absolute Gasteiger partial charge is 0.364 e. The zero-order valence-corrected chi connectivity index (χ0v) is 22.7. The Balaban J connectivity index is 1.10. The zero-order chi connectivity index (χ0) is 26.6. The first kappa shape index (κ1) is 23.6. The number of thiophene rings is 1. The van der Waals surface area contributed by atoms with Crippen molar-refractivity contribution in [2.75, 3.05) is 6.54 Å². The van der Waals surface area contributed by atoms with Gasteiger partial charge in [-0.3, -0.25) is 19.9 Å². The highest BCUT2D eigenvalue weighted by atomic mass is 32.1. The summed E-state index contributed by atoms with van der Waals surface area (Å²) < 4.78 is 0. The Hall–Kier alpha value is -4.31. The van der Waals surface area contributed by atoms with Crippen molar-refractivity contribution in [2.45, 2.75) is 44.6 Å². The molecule has 1 saturated carbocycles. The Morgan fingerprint density at radius 2 is 2.05 bits per heavy atom. The van der Waals surface area contributed by atoms with Gasteiger partial charge in [0.2, 0.25) is 5.91 Å². The van der Waals surface area contributed by atoms with E-state index in [0.29, 0.717) is 18.2 Å². The van der Waals surface area contributed by atoms with Crippen LogP contribution in [0.3, 0.4) is 0 Å². The fourth-order valence-corrected chi connectivity index (χ4v) is 6.79. The second-order valence-corrected chi connectivity index (χ2v) is 11.9. The Kier molecular flexibility index (Phi) is 5.54. The van der Waals surface area contributed by atoms with Crippen LogP contribution in [0.1, 0.15) is 44.2 Å². The number of aromatic amines is 2. The van der Waals surface area contributed by atoms with Gasteiger partial charge in [0.1, 0.15) is 16.9 Å². The molecular weight excluding hydrogens is 520 g/mol. The number of pyridine rings is 2. The smallest absolute Gasteiger partial charge is 0.224 e. The summed E-state index contributed by atoms with van der Waals surface area (Å²) >= 11 is 1.65. The average Bonchev–Trinajstić information content (AvgIpc) is 3.31. The van der Waals surface area contributed by atoms with Gasteiger partial charge in [0, 0.05) is 42.0 Å². The summed E-state index contributed by atoms with van der Waals surface area (Å²) in [5, 5.41) is 13.9. The van der Waals surface area contributed by atoms with Crippen molar-refractivity contribution >= 4 is 44.8 Å². The molecular formula is C30H28N8OS. The summed E-state index contributed by atoms with van der Waals surface area (Å²) in [4.78, 5) is 33.9. The SMILES string of the molecule is O=C(CC1CCCCC1)NC1=CC(c2cc3c(-c4nc5c(-c6cccs6)nccc5[nH]4)n[nH]c3cn2)=CN2CC12. The van der Waals surface area contributed by atoms with Crippen LogP contribution in [0.15, 0.2) is 60.0 Å². The molecule has 7 heterocycles. The van der Waals surface area contributed by atoms with Crippen molar-refractivity contribution in [1.29, 1.82) is 0 Å². The van der Waals surface area contributed by atoms with E-state index in [-0.39, 0.29) is 11.9 Å². The molecule has 0 radical (unpaired) electrons. The van der Waals surface area contributed by atoms with Crippen molar-refractivity contribution in [3.63, 3.8) is 0 Å². The number of hydrogen-bond donors (Lipinski definition) is 3. The third-order valence-electron chi connectivity index (χ3n) is 8.23. The van der Waals surface area contributed by atoms with E-state index >= 15 is 0 Å². The molecule has 1 unspecified atom stereocenters. The molecule has 1 saturated heterocycles. The molecule has 5 aromatic rings. The number of amides is 1. The number of H-pyrrole nitrogens is 2. The van der Waals surface area contributed by atoms with Crippen molar-refractivity contribution in [1.82, 2.24) is 40.3 Å². The summed E-state index contributed by atoms with van der Waals surface area (Å²) in [5.41, 5.74) is 6.95. The van der Waals surface area contributed by atoms with Crippen LogP contribution in [0.5, 0.6) is 0 Å². The van der Waals surface area contributed by atoms with Crippen molar-refractivity contribution < 1.29 is 4.79 Å². The number of rotatable bonds is 6. The van der Waals surface area contributed by atoms with Gasteiger partial charge in [0.15, 0.2) is 5.82 Å². The molecule has 0 spiro atoms. The van der Waals surface area contributed by atoms with E-state index in [1.807, 2.05) is 29.8 Å². The second-order valence-electron chi connectivity index (χ2n) is 11.0. The van der Waals surface area contributed by atoms with E-state index in [2.05, 4.69) is 48.7 Å². The number of carbonyl (C=O) groups is 1. The lowest BCUT2D eigenvalue weighted by Crippen LogP contribution is -2.29. The minimum atomic E-state index is 0.132. The molecule has 3 N–H and O–H groups in total. The van der Waals surface area contributed by atoms with Crippen molar-refractivity contribution in [3.05, 3.63) is 65.7 Å². The number of allylic oxidation sites excluding steroid dienone is 2. The number of nitrogens with one attached hydrogen (secondary N) is 3. The maximum absolute atomic E-state index is 12.9. The zero-order valence-electron chi connectivity index (χ0n) is 21.9. The summed E-state index contributed by atoms with van der Waals surface area (Å²) in [6.07, 6.45) is 14.6. The topological polar surface area (TPSA) is 115 Å².